The van der Waals surface area contributed by atoms with Crippen LogP contribution in [0.4, 0.5) is 27.8 Å². The van der Waals surface area contributed by atoms with Crippen molar-refractivity contribution in [3.63, 3.8) is 0 Å². The first-order chi connectivity index (χ1) is 23.9. The maximum Gasteiger partial charge on any atom is 0.327 e. The van der Waals surface area contributed by atoms with Crippen LogP contribution >= 0.6 is 23.2 Å². The van der Waals surface area contributed by atoms with Crippen LogP contribution in [0, 0.1) is 12.8 Å². The molecule has 50 heavy (non-hydrogen) atoms. The number of anilines is 4. The Morgan fingerprint density at radius 3 is 2.34 bits per heavy atom. The molecule has 1 aliphatic rings. The van der Waals surface area contributed by atoms with Crippen molar-refractivity contribution in [3.8, 4) is 11.5 Å². The summed E-state index contributed by atoms with van der Waals surface area (Å²) in [5, 5.41) is 6.38. The standard InChI is InChI=1S/C36H43Cl2N7O5/c1-7-26(46)18-25-11-8-10-23(2)34(25)41-29-20-30(40-22-39-29)45(21-24-13-16-44(17-14-24)31(47)12-9-15-43(3)4)36(48)42-35-32(37)27(49-5)19-28(50-6)33(35)38/h7-12,19-20,22,24H,1,13-18,21H2,2-6H3,(H,42,48)(H,39,40,41)/b12-9+. The lowest BCUT2D eigenvalue weighted by molar-refractivity contribution is -0.127. The number of likely N-dealkylation sites (N-methyl/N-ethyl adjacent to an activating group) is 1. The number of aromatic nitrogens is 2. The van der Waals surface area contributed by atoms with Crippen molar-refractivity contribution in [3.05, 3.63) is 82.6 Å². The van der Waals surface area contributed by atoms with Gasteiger partial charge in [0.2, 0.25) is 5.91 Å². The van der Waals surface area contributed by atoms with E-state index in [4.69, 9.17) is 32.7 Å². The van der Waals surface area contributed by atoms with E-state index in [1.54, 1.807) is 12.1 Å². The first-order valence-electron chi connectivity index (χ1n) is 16.1. The van der Waals surface area contributed by atoms with Crippen LogP contribution in [-0.2, 0) is 16.0 Å². The number of carbonyl (C=O) groups is 3. The van der Waals surface area contributed by atoms with E-state index >= 15 is 0 Å². The largest absolute Gasteiger partial charge is 0.495 e. The Balaban J connectivity index is 1.64. The third-order valence-electron chi connectivity index (χ3n) is 8.28. The number of amides is 3. The van der Waals surface area contributed by atoms with Gasteiger partial charge >= 0.3 is 6.03 Å². The first kappa shape index (κ1) is 38.2. The highest BCUT2D eigenvalue weighted by Crippen LogP contribution is 2.44. The van der Waals surface area contributed by atoms with Crippen molar-refractivity contribution < 1.29 is 23.9 Å². The fourth-order valence-electron chi connectivity index (χ4n) is 5.52. The van der Waals surface area contributed by atoms with Crippen LogP contribution in [0.15, 0.2) is 61.5 Å². The molecule has 0 aliphatic carbocycles. The summed E-state index contributed by atoms with van der Waals surface area (Å²) in [5.41, 5.74) is 2.53. The minimum atomic E-state index is -0.549. The summed E-state index contributed by atoms with van der Waals surface area (Å²) in [4.78, 5) is 53.4. The predicted molar refractivity (Wildman–Crippen MR) is 198 cm³/mol. The number of benzene rings is 2. The van der Waals surface area contributed by atoms with Crippen LogP contribution < -0.4 is 25.0 Å². The van der Waals surface area contributed by atoms with E-state index in [2.05, 4.69) is 27.2 Å². The van der Waals surface area contributed by atoms with Gasteiger partial charge in [0.1, 0.15) is 39.5 Å². The van der Waals surface area contributed by atoms with Crippen molar-refractivity contribution in [1.29, 1.82) is 0 Å². The number of hydrogen-bond donors (Lipinski definition) is 2. The van der Waals surface area contributed by atoms with Gasteiger partial charge in [0.25, 0.3) is 0 Å². The second-order valence-corrected chi connectivity index (χ2v) is 12.9. The number of methoxy groups -OCH3 is 2. The quantitative estimate of drug-likeness (QED) is 0.178. The SMILES string of the molecule is C=CC(=O)Cc1cccc(C)c1Nc1cc(N(CC2CCN(C(=O)/C=C/CN(C)C)CC2)C(=O)Nc2c(Cl)c(OC)cc(OC)c2Cl)ncn1. The second-order valence-electron chi connectivity index (χ2n) is 12.1. The van der Waals surface area contributed by atoms with E-state index in [0.717, 1.165) is 16.8 Å². The van der Waals surface area contributed by atoms with Crippen molar-refractivity contribution >= 4 is 63.9 Å². The number of para-hydroxylation sites is 1. The molecule has 0 radical (unpaired) electrons. The lowest BCUT2D eigenvalue weighted by Gasteiger charge is -2.34. The number of hydrogen-bond acceptors (Lipinski definition) is 9. The van der Waals surface area contributed by atoms with Gasteiger partial charge in [-0.2, -0.15) is 0 Å². The van der Waals surface area contributed by atoms with Crippen molar-refractivity contribution in [1.82, 2.24) is 19.8 Å². The summed E-state index contributed by atoms with van der Waals surface area (Å²) in [7, 11) is 6.78. The Hall–Kier alpha value is -4.65. The summed E-state index contributed by atoms with van der Waals surface area (Å²) in [6.45, 7) is 7.57. The molecule has 3 aromatic rings. The fraction of sp³-hybridized carbons (Fsp3) is 0.361. The number of nitrogens with zero attached hydrogens (tertiary/aromatic N) is 5. The molecule has 0 atom stereocenters. The lowest BCUT2D eigenvalue weighted by Crippen LogP contribution is -2.44. The molecular formula is C36H43Cl2N7O5. The van der Waals surface area contributed by atoms with Gasteiger partial charge in [0, 0.05) is 56.5 Å². The average molecular weight is 725 g/mol. The third kappa shape index (κ3) is 9.74. The Labute approximate surface area is 303 Å². The number of likely N-dealkylation sites (tertiary alicyclic amines) is 1. The van der Waals surface area contributed by atoms with E-state index in [-0.39, 0.29) is 57.8 Å². The Morgan fingerprint density at radius 2 is 1.72 bits per heavy atom. The van der Waals surface area contributed by atoms with E-state index in [1.807, 2.05) is 55.1 Å². The molecule has 266 valence electrons. The van der Waals surface area contributed by atoms with Gasteiger partial charge < -0.3 is 29.9 Å². The molecular weight excluding hydrogens is 681 g/mol. The topological polar surface area (TPSA) is 129 Å². The number of ketones is 1. The number of rotatable bonds is 14. The van der Waals surface area contributed by atoms with Gasteiger partial charge in [-0.05, 0) is 57.0 Å². The molecule has 0 saturated carbocycles. The van der Waals surface area contributed by atoms with E-state index < -0.39 is 6.03 Å². The molecule has 1 saturated heterocycles. The normalized spacial score (nSPS) is 13.3. The zero-order chi connectivity index (χ0) is 36.4. The van der Waals surface area contributed by atoms with Crippen LogP contribution in [0.25, 0.3) is 0 Å². The molecule has 0 bridgehead atoms. The molecule has 0 spiro atoms. The molecule has 0 unspecified atom stereocenters. The molecule has 2 heterocycles. The van der Waals surface area contributed by atoms with Gasteiger partial charge in [0.05, 0.1) is 19.9 Å². The minimum Gasteiger partial charge on any atom is -0.495 e. The van der Waals surface area contributed by atoms with Gasteiger partial charge in [-0.15, -0.1) is 0 Å². The van der Waals surface area contributed by atoms with Crippen molar-refractivity contribution in [2.75, 3.05) is 70.0 Å². The molecule has 1 aromatic heterocycles. The summed E-state index contributed by atoms with van der Waals surface area (Å²) in [6, 6.07) is 8.32. The number of allylic oxidation sites excluding steroid dienone is 1. The molecule has 2 aromatic carbocycles. The highest BCUT2D eigenvalue weighted by Gasteiger charge is 2.29. The van der Waals surface area contributed by atoms with Gasteiger partial charge in [0.15, 0.2) is 5.78 Å². The lowest BCUT2D eigenvalue weighted by atomic mass is 9.96. The maximum atomic E-state index is 14.2. The molecule has 14 heteroatoms. The van der Waals surface area contributed by atoms with Crippen LogP contribution in [0.5, 0.6) is 11.5 Å². The van der Waals surface area contributed by atoms with Crippen molar-refractivity contribution in [2.45, 2.75) is 26.2 Å². The zero-order valence-corrected chi connectivity index (χ0v) is 30.5. The summed E-state index contributed by atoms with van der Waals surface area (Å²) in [6.07, 6.45) is 7.63. The second kappa shape index (κ2) is 17.8. The number of ether oxygens (including phenoxy) is 2. The number of urea groups is 1. The predicted octanol–water partition coefficient (Wildman–Crippen LogP) is 6.55. The number of nitrogens with one attached hydrogen (secondary N) is 2. The maximum absolute atomic E-state index is 14.2. The van der Waals surface area contributed by atoms with E-state index in [0.29, 0.717) is 44.1 Å². The number of carbonyl (C=O) groups excluding carboxylic acids is 3. The number of halogens is 2. The van der Waals surface area contributed by atoms with Crippen LogP contribution in [0.3, 0.4) is 0 Å². The van der Waals surface area contributed by atoms with E-state index in [9.17, 15) is 14.4 Å². The molecule has 1 fully saturated rings. The molecule has 12 nitrogen and oxygen atoms in total. The van der Waals surface area contributed by atoms with E-state index in [1.165, 1.54) is 37.6 Å². The number of aryl methyl sites for hydroxylation is 1. The molecule has 4 rings (SSSR count). The summed E-state index contributed by atoms with van der Waals surface area (Å²) < 4.78 is 10.8. The fourth-order valence-corrected chi connectivity index (χ4v) is 6.12. The molecule has 3 amide bonds. The van der Waals surface area contributed by atoms with Crippen LogP contribution in [0.1, 0.15) is 24.0 Å². The highest BCUT2D eigenvalue weighted by molar-refractivity contribution is 6.41. The first-order valence-corrected chi connectivity index (χ1v) is 16.8. The van der Waals surface area contributed by atoms with Gasteiger partial charge in [-0.25, -0.2) is 14.8 Å². The highest BCUT2D eigenvalue weighted by atomic mass is 35.5. The smallest absolute Gasteiger partial charge is 0.327 e. The van der Waals surface area contributed by atoms with Gasteiger partial charge in [-0.3, -0.25) is 14.5 Å². The molecule has 1 aliphatic heterocycles. The van der Waals surface area contributed by atoms with Crippen molar-refractivity contribution in [2.24, 2.45) is 5.92 Å². The summed E-state index contributed by atoms with van der Waals surface area (Å²) >= 11 is 13.2. The van der Waals surface area contributed by atoms with Crippen LogP contribution in [0.2, 0.25) is 10.0 Å². The third-order valence-corrected chi connectivity index (χ3v) is 9.03. The zero-order valence-electron chi connectivity index (χ0n) is 29.0. The van der Waals surface area contributed by atoms with Crippen LogP contribution in [-0.4, -0.2) is 92.0 Å². The van der Waals surface area contributed by atoms with Gasteiger partial charge in [-0.1, -0.05) is 54.1 Å². The monoisotopic (exact) mass is 723 g/mol. The molecule has 2 N–H and O–H groups in total. The minimum absolute atomic E-state index is 0.0342. The average Bonchev–Trinajstić information content (AvgIpc) is 3.10. The number of piperidine rings is 1. The Kier molecular flexibility index (Phi) is 13.6. The summed E-state index contributed by atoms with van der Waals surface area (Å²) in [5.74, 6) is 1.15. The Bertz CT molecular complexity index is 1710. The Morgan fingerprint density at radius 1 is 1.04 bits per heavy atom.